The van der Waals surface area contributed by atoms with E-state index in [9.17, 15) is 24.6 Å². The minimum atomic E-state index is -1.36. The molecular weight excluding hydrogens is 326 g/mol. The molecule has 0 aliphatic carbocycles. The largest absolute Gasteiger partial charge is 0.481 e. The minimum Gasteiger partial charge on any atom is -0.481 e. The van der Waals surface area contributed by atoms with Crippen LogP contribution in [0.3, 0.4) is 0 Å². The molecule has 0 aliphatic heterocycles. The number of carbonyl (C=O) groups excluding carboxylic acids is 2. The Balaban J connectivity index is 4.08. The zero-order valence-electron chi connectivity index (χ0n) is 16.0. The predicted octanol–water partition coefficient (Wildman–Crippen LogP) is 1.62. The SMILES string of the molecule is CCOC(=O)CCCCCCCC(=O)C(C(=O)O)C(O)C[N+](C)(C)C. The maximum absolute atomic E-state index is 12.2. The third-order valence-electron chi connectivity index (χ3n) is 3.84. The number of unbranched alkanes of at least 4 members (excludes halogenated alkanes) is 4. The maximum atomic E-state index is 12.2. The van der Waals surface area contributed by atoms with Crippen LogP contribution in [0, 0.1) is 5.92 Å². The Kier molecular flexibility index (Phi) is 11.3. The molecule has 0 saturated carbocycles. The zero-order valence-corrected chi connectivity index (χ0v) is 16.0. The van der Waals surface area contributed by atoms with Crippen LogP contribution in [0.4, 0.5) is 0 Å². The van der Waals surface area contributed by atoms with E-state index in [1.807, 2.05) is 21.1 Å². The summed E-state index contributed by atoms with van der Waals surface area (Å²) in [6.45, 7) is 2.37. The van der Waals surface area contributed by atoms with E-state index in [0.717, 1.165) is 25.7 Å². The van der Waals surface area contributed by atoms with Crippen molar-refractivity contribution in [1.29, 1.82) is 0 Å². The zero-order chi connectivity index (χ0) is 19.5. The Morgan fingerprint density at radius 1 is 0.960 bits per heavy atom. The van der Waals surface area contributed by atoms with Crippen molar-refractivity contribution in [2.45, 2.75) is 58.0 Å². The standard InChI is InChI=1S/C18H33NO6/c1-5-25-16(22)12-10-8-6-7-9-11-14(20)17(18(23)24)15(21)13-19(2,3)4/h15,17,21H,5-13H2,1-4H3/p+1. The van der Waals surface area contributed by atoms with Crippen molar-refractivity contribution >= 4 is 17.7 Å². The van der Waals surface area contributed by atoms with Gasteiger partial charge < -0.3 is 19.4 Å². The van der Waals surface area contributed by atoms with Crippen molar-refractivity contribution < 1.29 is 33.8 Å². The number of ether oxygens (including phenoxy) is 1. The first-order valence-electron chi connectivity index (χ1n) is 8.98. The van der Waals surface area contributed by atoms with Gasteiger partial charge in [-0.05, 0) is 19.8 Å². The molecule has 0 bridgehead atoms. The van der Waals surface area contributed by atoms with E-state index in [2.05, 4.69) is 0 Å². The van der Waals surface area contributed by atoms with Gasteiger partial charge in [-0.1, -0.05) is 19.3 Å². The summed E-state index contributed by atoms with van der Waals surface area (Å²) >= 11 is 0. The van der Waals surface area contributed by atoms with Crippen LogP contribution in [0.1, 0.15) is 51.9 Å². The minimum absolute atomic E-state index is 0.156. The first kappa shape index (κ1) is 23.5. The summed E-state index contributed by atoms with van der Waals surface area (Å²) in [7, 11) is 5.51. The number of rotatable bonds is 14. The molecule has 0 saturated heterocycles. The molecule has 2 N–H and O–H groups in total. The van der Waals surface area contributed by atoms with Gasteiger partial charge in [0, 0.05) is 12.8 Å². The van der Waals surface area contributed by atoms with E-state index >= 15 is 0 Å². The van der Waals surface area contributed by atoms with E-state index in [0.29, 0.717) is 23.9 Å². The molecule has 0 aromatic heterocycles. The van der Waals surface area contributed by atoms with Crippen molar-refractivity contribution in [1.82, 2.24) is 0 Å². The number of quaternary nitrogens is 1. The molecule has 0 rings (SSSR count). The Hall–Kier alpha value is -1.47. The molecule has 0 aliphatic rings. The lowest BCUT2D eigenvalue weighted by molar-refractivity contribution is -0.873. The second-order valence-corrected chi connectivity index (χ2v) is 7.40. The van der Waals surface area contributed by atoms with E-state index in [1.165, 1.54) is 0 Å². The number of carbonyl (C=O) groups is 3. The monoisotopic (exact) mass is 360 g/mol. The van der Waals surface area contributed by atoms with Gasteiger partial charge in [-0.2, -0.15) is 0 Å². The molecule has 0 radical (unpaired) electrons. The number of ketones is 1. The molecule has 0 heterocycles. The normalized spacial score (nSPS) is 14.0. The van der Waals surface area contributed by atoms with Gasteiger partial charge in [0.25, 0.3) is 0 Å². The van der Waals surface area contributed by atoms with Crippen LogP contribution in [0.5, 0.6) is 0 Å². The highest BCUT2D eigenvalue weighted by Crippen LogP contribution is 2.15. The number of aliphatic hydroxyl groups excluding tert-OH is 1. The van der Waals surface area contributed by atoms with Gasteiger partial charge >= 0.3 is 11.9 Å². The molecule has 2 unspecified atom stereocenters. The second kappa shape index (κ2) is 12.0. The Labute approximate surface area is 150 Å². The van der Waals surface area contributed by atoms with Gasteiger partial charge in [0.15, 0.2) is 0 Å². The molecule has 0 spiro atoms. The third kappa shape index (κ3) is 11.7. The highest BCUT2D eigenvalue weighted by atomic mass is 16.5. The molecule has 7 heteroatoms. The van der Waals surface area contributed by atoms with Crippen LogP contribution < -0.4 is 0 Å². The summed E-state index contributed by atoms with van der Waals surface area (Å²) in [4.78, 5) is 34.7. The number of carboxylic acids is 1. The third-order valence-corrected chi connectivity index (χ3v) is 3.84. The van der Waals surface area contributed by atoms with Crippen LogP contribution in [0.2, 0.25) is 0 Å². The number of Topliss-reactive ketones (excluding diaryl/α,β-unsaturated/α-hetero) is 1. The first-order valence-corrected chi connectivity index (χ1v) is 8.98. The fraction of sp³-hybridized carbons (Fsp3) is 0.833. The van der Waals surface area contributed by atoms with Gasteiger partial charge in [-0.15, -0.1) is 0 Å². The number of esters is 1. The summed E-state index contributed by atoms with van der Waals surface area (Å²) in [5.74, 6) is -3.23. The molecule has 146 valence electrons. The molecule has 0 fully saturated rings. The average Bonchev–Trinajstić information content (AvgIpc) is 2.44. The van der Waals surface area contributed by atoms with E-state index < -0.39 is 23.8 Å². The smallest absolute Gasteiger partial charge is 0.316 e. The number of likely N-dealkylation sites (N-methyl/N-ethyl adjacent to an activating group) is 1. The lowest BCUT2D eigenvalue weighted by Crippen LogP contribution is -2.47. The Bertz CT molecular complexity index is 430. The number of aliphatic carboxylic acids is 1. The quantitative estimate of drug-likeness (QED) is 0.211. The van der Waals surface area contributed by atoms with Crippen molar-refractivity contribution in [3.8, 4) is 0 Å². The van der Waals surface area contributed by atoms with E-state index in [4.69, 9.17) is 4.74 Å². The van der Waals surface area contributed by atoms with E-state index in [-0.39, 0.29) is 18.9 Å². The topological polar surface area (TPSA) is 101 Å². The number of hydrogen-bond acceptors (Lipinski definition) is 5. The van der Waals surface area contributed by atoms with Crippen molar-refractivity contribution in [3.05, 3.63) is 0 Å². The van der Waals surface area contributed by atoms with Crippen LogP contribution in [-0.2, 0) is 19.1 Å². The van der Waals surface area contributed by atoms with E-state index in [1.54, 1.807) is 6.92 Å². The number of carboxylic acid groups (broad SMARTS) is 1. The van der Waals surface area contributed by atoms with Gasteiger partial charge in [0.2, 0.25) is 0 Å². The van der Waals surface area contributed by atoms with Gasteiger partial charge in [-0.3, -0.25) is 14.4 Å². The number of aliphatic hydroxyl groups is 1. The molecule has 25 heavy (non-hydrogen) atoms. The Morgan fingerprint density at radius 2 is 1.48 bits per heavy atom. The van der Waals surface area contributed by atoms with Crippen molar-refractivity contribution in [2.24, 2.45) is 5.92 Å². The molecule has 2 atom stereocenters. The molecule has 0 amide bonds. The van der Waals surface area contributed by atoms with Crippen LogP contribution in [-0.4, -0.2) is 72.8 Å². The van der Waals surface area contributed by atoms with Crippen LogP contribution in [0.25, 0.3) is 0 Å². The molecule has 0 aromatic rings. The summed E-state index contributed by atoms with van der Waals surface area (Å²) in [6.07, 6.45) is 3.28. The Morgan fingerprint density at radius 3 is 1.96 bits per heavy atom. The predicted molar refractivity (Wildman–Crippen MR) is 94.0 cm³/mol. The molecule has 7 nitrogen and oxygen atoms in total. The van der Waals surface area contributed by atoms with Gasteiger partial charge in [0.1, 0.15) is 24.3 Å². The lowest BCUT2D eigenvalue weighted by atomic mass is 9.93. The summed E-state index contributed by atoms with van der Waals surface area (Å²) < 4.78 is 5.23. The van der Waals surface area contributed by atoms with Crippen molar-refractivity contribution in [3.63, 3.8) is 0 Å². The first-order chi connectivity index (χ1) is 11.6. The van der Waals surface area contributed by atoms with Gasteiger partial charge in [-0.25, -0.2) is 0 Å². The van der Waals surface area contributed by atoms with Crippen LogP contribution >= 0.6 is 0 Å². The average molecular weight is 360 g/mol. The lowest BCUT2D eigenvalue weighted by Gasteiger charge is -2.28. The second-order valence-electron chi connectivity index (χ2n) is 7.40. The van der Waals surface area contributed by atoms with Gasteiger partial charge in [0.05, 0.1) is 27.7 Å². The molecular formula is C18H34NO6+. The summed E-state index contributed by atoms with van der Waals surface area (Å²) in [6, 6.07) is 0. The number of hydrogen-bond donors (Lipinski definition) is 2. The molecule has 0 aromatic carbocycles. The highest BCUT2D eigenvalue weighted by molar-refractivity contribution is 5.98. The van der Waals surface area contributed by atoms with Crippen LogP contribution in [0.15, 0.2) is 0 Å². The van der Waals surface area contributed by atoms with Crippen molar-refractivity contribution in [2.75, 3.05) is 34.3 Å². The summed E-state index contributed by atoms with van der Waals surface area (Å²) in [5, 5.41) is 19.3. The fourth-order valence-electron chi connectivity index (χ4n) is 2.67. The maximum Gasteiger partial charge on any atom is 0.316 e. The fourth-order valence-corrected chi connectivity index (χ4v) is 2.67. The summed E-state index contributed by atoms with van der Waals surface area (Å²) in [5.41, 5.74) is 0. The number of nitrogens with zero attached hydrogens (tertiary/aromatic N) is 1. The highest BCUT2D eigenvalue weighted by Gasteiger charge is 2.36.